The normalized spacial score (nSPS) is 10.6. The van der Waals surface area contributed by atoms with Crippen LogP contribution in [0.15, 0.2) is 24.4 Å². The summed E-state index contributed by atoms with van der Waals surface area (Å²) in [7, 11) is 0. The smallest absolute Gasteiger partial charge is 0.413 e. The Bertz CT molecular complexity index is 541. The standard InChI is InChI=1S/C12H15N3O2.C2H6/c1-12(2,3)17-11(16)15-9-5-4-8-6-7-13-10(8)14-9;1-2/h4-7H,1-3H3,(H2,13,14,15,16);1-2H3. The average molecular weight is 263 g/mol. The molecule has 0 spiro atoms. The van der Waals surface area contributed by atoms with Crippen molar-refractivity contribution in [2.75, 3.05) is 5.32 Å². The van der Waals surface area contributed by atoms with Gasteiger partial charge in [0.15, 0.2) is 0 Å². The van der Waals surface area contributed by atoms with Crippen molar-refractivity contribution in [2.24, 2.45) is 0 Å². The van der Waals surface area contributed by atoms with Crippen LogP contribution in [0, 0.1) is 0 Å². The van der Waals surface area contributed by atoms with Crippen molar-refractivity contribution in [1.82, 2.24) is 9.97 Å². The van der Waals surface area contributed by atoms with E-state index in [0.717, 1.165) is 11.0 Å². The molecule has 2 rings (SSSR count). The zero-order valence-electron chi connectivity index (χ0n) is 12.1. The number of hydrogen-bond donors (Lipinski definition) is 2. The molecule has 2 N–H and O–H groups in total. The highest BCUT2D eigenvalue weighted by atomic mass is 16.6. The van der Waals surface area contributed by atoms with Crippen LogP contribution in [0.3, 0.4) is 0 Å². The molecule has 0 atom stereocenters. The Morgan fingerprint density at radius 2 is 1.95 bits per heavy atom. The molecule has 2 heterocycles. The number of hydrogen-bond acceptors (Lipinski definition) is 3. The molecule has 0 saturated heterocycles. The summed E-state index contributed by atoms with van der Waals surface area (Å²) in [4.78, 5) is 18.7. The van der Waals surface area contributed by atoms with Crippen LogP contribution in [0.4, 0.5) is 10.6 Å². The fourth-order valence-corrected chi connectivity index (χ4v) is 1.41. The van der Waals surface area contributed by atoms with Gasteiger partial charge in [0.25, 0.3) is 0 Å². The summed E-state index contributed by atoms with van der Waals surface area (Å²) in [6, 6.07) is 5.53. The molecule has 0 aliphatic heterocycles. The maximum absolute atomic E-state index is 11.5. The lowest BCUT2D eigenvalue weighted by atomic mass is 10.2. The minimum absolute atomic E-state index is 0.467. The fraction of sp³-hybridized carbons (Fsp3) is 0.429. The Morgan fingerprint density at radius 3 is 2.58 bits per heavy atom. The topological polar surface area (TPSA) is 67.0 Å². The predicted octanol–water partition coefficient (Wildman–Crippen LogP) is 3.94. The van der Waals surface area contributed by atoms with Crippen molar-refractivity contribution >= 4 is 22.9 Å². The van der Waals surface area contributed by atoms with E-state index >= 15 is 0 Å². The number of anilines is 1. The maximum atomic E-state index is 11.5. The summed E-state index contributed by atoms with van der Waals surface area (Å²) in [6.07, 6.45) is 1.30. The molecule has 0 radical (unpaired) electrons. The lowest BCUT2D eigenvalue weighted by molar-refractivity contribution is 0.0635. The van der Waals surface area contributed by atoms with Crippen LogP contribution in [0.5, 0.6) is 0 Å². The number of aromatic nitrogens is 2. The fourth-order valence-electron chi connectivity index (χ4n) is 1.41. The summed E-state index contributed by atoms with van der Waals surface area (Å²) in [5.41, 5.74) is 0.221. The number of fused-ring (bicyclic) bond motifs is 1. The van der Waals surface area contributed by atoms with Crippen LogP contribution >= 0.6 is 0 Å². The van der Waals surface area contributed by atoms with Crippen molar-refractivity contribution in [3.8, 4) is 0 Å². The Kier molecular flexibility index (Phi) is 4.92. The highest BCUT2D eigenvalue weighted by Crippen LogP contribution is 2.14. The summed E-state index contributed by atoms with van der Waals surface area (Å²) >= 11 is 0. The largest absolute Gasteiger partial charge is 0.444 e. The third-order valence-corrected chi connectivity index (χ3v) is 2.04. The molecule has 0 fully saturated rings. The molecule has 1 amide bonds. The predicted molar refractivity (Wildman–Crippen MR) is 77.3 cm³/mol. The van der Waals surface area contributed by atoms with E-state index in [1.807, 2.05) is 46.8 Å². The lowest BCUT2D eigenvalue weighted by Crippen LogP contribution is -2.27. The molecule has 0 aromatic carbocycles. The molecule has 2 aromatic rings. The van der Waals surface area contributed by atoms with Gasteiger partial charge in [0.1, 0.15) is 17.1 Å². The monoisotopic (exact) mass is 263 g/mol. The second kappa shape index (κ2) is 6.22. The Morgan fingerprint density at radius 1 is 1.26 bits per heavy atom. The summed E-state index contributed by atoms with van der Waals surface area (Å²) in [6.45, 7) is 9.44. The van der Waals surface area contributed by atoms with Gasteiger partial charge < -0.3 is 9.72 Å². The maximum Gasteiger partial charge on any atom is 0.413 e. The number of pyridine rings is 1. The number of carbonyl (C=O) groups is 1. The minimum Gasteiger partial charge on any atom is -0.444 e. The van der Waals surface area contributed by atoms with Crippen LogP contribution in [0.1, 0.15) is 34.6 Å². The van der Waals surface area contributed by atoms with Crippen molar-refractivity contribution < 1.29 is 9.53 Å². The molecule has 2 aromatic heterocycles. The van der Waals surface area contributed by atoms with Gasteiger partial charge in [-0.15, -0.1) is 0 Å². The summed E-state index contributed by atoms with van der Waals surface area (Å²) in [5.74, 6) is 0.467. The highest BCUT2D eigenvalue weighted by Gasteiger charge is 2.16. The summed E-state index contributed by atoms with van der Waals surface area (Å²) in [5, 5.41) is 3.59. The van der Waals surface area contributed by atoms with Crippen LogP contribution in [-0.2, 0) is 4.74 Å². The first-order chi connectivity index (χ1) is 8.94. The van der Waals surface area contributed by atoms with Gasteiger partial charge in [-0.25, -0.2) is 9.78 Å². The molecule has 0 aliphatic carbocycles. The molecule has 0 unspecified atom stereocenters. The van der Waals surface area contributed by atoms with E-state index in [1.165, 1.54) is 0 Å². The minimum atomic E-state index is -0.513. The average Bonchev–Trinajstić information content (AvgIpc) is 2.76. The number of rotatable bonds is 1. The van der Waals surface area contributed by atoms with Gasteiger partial charge in [-0.05, 0) is 39.0 Å². The first kappa shape index (κ1) is 15.0. The van der Waals surface area contributed by atoms with Gasteiger partial charge in [-0.2, -0.15) is 0 Å². The van der Waals surface area contributed by atoms with Crippen LogP contribution in [0.2, 0.25) is 0 Å². The lowest BCUT2D eigenvalue weighted by Gasteiger charge is -2.19. The highest BCUT2D eigenvalue weighted by molar-refractivity contribution is 5.86. The van der Waals surface area contributed by atoms with Crippen molar-refractivity contribution in [2.45, 2.75) is 40.2 Å². The Labute approximate surface area is 113 Å². The van der Waals surface area contributed by atoms with Crippen molar-refractivity contribution in [3.05, 3.63) is 24.4 Å². The molecule has 0 saturated carbocycles. The molecule has 0 bridgehead atoms. The second-order valence-electron chi connectivity index (χ2n) is 4.74. The Balaban J connectivity index is 0.000000861. The zero-order chi connectivity index (χ0) is 14.5. The molecular formula is C14H21N3O2. The van der Waals surface area contributed by atoms with E-state index in [1.54, 1.807) is 12.3 Å². The first-order valence-corrected chi connectivity index (χ1v) is 6.38. The molecular weight excluding hydrogens is 242 g/mol. The van der Waals surface area contributed by atoms with Gasteiger partial charge in [0.05, 0.1) is 0 Å². The van der Waals surface area contributed by atoms with Crippen LogP contribution in [0.25, 0.3) is 11.0 Å². The Hall–Kier alpha value is -2.04. The van der Waals surface area contributed by atoms with Crippen LogP contribution in [-0.4, -0.2) is 21.7 Å². The molecule has 5 nitrogen and oxygen atoms in total. The number of amides is 1. The second-order valence-corrected chi connectivity index (χ2v) is 4.74. The van der Waals surface area contributed by atoms with E-state index < -0.39 is 11.7 Å². The number of nitrogens with zero attached hydrogens (tertiary/aromatic N) is 1. The van der Waals surface area contributed by atoms with Gasteiger partial charge in [0.2, 0.25) is 0 Å². The van der Waals surface area contributed by atoms with Crippen molar-refractivity contribution in [1.29, 1.82) is 0 Å². The van der Waals surface area contributed by atoms with E-state index in [2.05, 4.69) is 15.3 Å². The quantitative estimate of drug-likeness (QED) is 0.819. The van der Waals surface area contributed by atoms with Gasteiger partial charge in [-0.3, -0.25) is 5.32 Å². The summed E-state index contributed by atoms with van der Waals surface area (Å²) < 4.78 is 5.13. The number of carbonyl (C=O) groups excluding carboxylic acids is 1. The third kappa shape index (κ3) is 4.62. The molecule has 104 valence electrons. The number of nitrogens with one attached hydrogen (secondary N) is 2. The van der Waals surface area contributed by atoms with Gasteiger partial charge in [0, 0.05) is 11.6 Å². The van der Waals surface area contributed by atoms with E-state index in [0.29, 0.717) is 5.82 Å². The molecule has 19 heavy (non-hydrogen) atoms. The molecule has 5 heteroatoms. The first-order valence-electron chi connectivity index (χ1n) is 6.38. The van der Waals surface area contributed by atoms with E-state index in [-0.39, 0.29) is 0 Å². The van der Waals surface area contributed by atoms with Crippen molar-refractivity contribution in [3.63, 3.8) is 0 Å². The molecule has 0 aliphatic rings. The van der Waals surface area contributed by atoms with Gasteiger partial charge in [-0.1, -0.05) is 13.8 Å². The number of aromatic amines is 1. The van der Waals surface area contributed by atoms with Gasteiger partial charge >= 0.3 is 6.09 Å². The zero-order valence-corrected chi connectivity index (χ0v) is 12.1. The van der Waals surface area contributed by atoms with E-state index in [9.17, 15) is 4.79 Å². The van der Waals surface area contributed by atoms with Crippen LogP contribution < -0.4 is 5.32 Å². The van der Waals surface area contributed by atoms with E-state index in [4.69, 9.17) is 4.74 Å². The SMILES string of the molecule is CC.CC(C)(C)OC(=O)Nc1ccc2cc[nH]c2n1. The number of H-pyrrole nitrogens is 1. The number of ether oxygens (including phenoxy) is 1. The third-order valence-electron chi connectivity index (χ3n) is 2.04.